The van der Waals surface area contributed by atoms with Crippen LogP contribution in [0.25, 0.3) is 0 Å². The van der Waals surface area contributed by atoms with Gasteiger partial charge in [-0.1, -0.05) is 18.2 Å². The Morgan fingerprint density at radius 2 is 2.13 bits per heavy atom. The van der Waals surface area contributed by atoms with E-state index in [4.69, 9.17) is 9.72 Å². The summed E-state index contributed by atoms with van der Waals surface area (Å²) in [6, 6.07) is 3.64. The van der Waals surface area contributed by atoms with Crippen LogP contribution in [0.3, 0.4) is 0 Å². The fourth-order valence-electron chi connectivity index (χ4n) is 3.52. The molecule has 2 fully saturated rings. The van der Waals surface area contributed by atoms with Crippen LogP contribution in [-0.4, -0.2) is 43.2 Å². The molecule has 8 nitrogen and oxygen atoms in total. The number of ether oxygens (including phenoxy) is 1. The van der Waals surface area contributed by atoms with Gasteiger partial charge in [-0.2, -0.15) is 0 Å². The van der Waals surface area contributed by atoms with Crippen LogP contribution in [0.15, 0.2) is 48.4 Å². The van der Waals surface area contributed by atoms with Gasteiger partial charge in [0.2, 0.25) is 0 Å². The van der Waals surface area contributed by atoms with E-state index in [9.17, 15) is 9.59 Å². The number of anilines is 1. The van der Waals surface area contributed by atoms with Gasteiger partial charge in [0.15, 0.2) is 6.61 Å². The zero-order valence-electron chi connectivity index (χ0n) is 18.1. The molecule has 0 aromatic carbocycles. The van der Waals surface area contributed by atoms with Gasteiger partial charge in [0.05, 0.1) is 12.2 Å². The first-order valence-corrected chi connectivity index (χ1v) is 10.7. The van der Waals surface area contributed by atoms with Crippen LogP contribution in [0.1, 0.15) is 36.9 Å². The lowest BCUT2D eigenvalue weighted by molar-refractivity contribution is -0.126. The first-order valence-electron chi connectivity index (χ1n) is 10.7. The molecule has 8 heteroatoms. The zero-order chi connectivity index (χ0) is 22.1. The van der Waals surface area contributed by atoms with Gasteiger partial charge in [0, 0.05) is 30.9 Å². The third kappa shape index (κ3) is 6.60. The van der Waals surface area contributed by atoms with Crippen molar-refractivity contribution in [1.29, 1.82) is 0 Å². The molecule has 0 saturated carbocycles. The van der Waals surface area contributed by atoms with Crippen LogP contribution in [0, 0.1) is 6.92 Å². The van der Waals surface area contributed by atoms with Crippen molar-refractivity contribution in [2.45, 2.75) is 39.2 Å². The Kier molecular flexibility index (Phi) is 8.09. The van der Waals surface area contributed by atoms with E-state index in [0.717, 1.165) is 43.0 Å². The van der Waals surface area contributed by atoms with Gasteiger partial charge < -0.3 is 25.6 Å². The van der Waals surface area contributed by atoms with Crippen LogP contribution >= 0.6 is 0 Å². The molecule has 1 aromatic heterocycles. The number of rotatable bonds is 7. The molecule has 0 atom stereocenters. The molecule has 3 heterocycles. The molecule has 0 aliphatic carbocycles. The molecule has 166 valence electrons. The molecule has 1 aromatic rings. The highest BCUT2D eigenvalue weighted by atomic mass is 16.5. The summed E-state index contributed by atoms with van der Waals surface area (Å²) in [5, 5.41) is 8.48. The van der Waals surface area contributed by atoms with Crippen LogP contribution in [-0.2, 0) is 16.1 Å². The number of pyridine rings is 1. The number of hydrogen-bond acceptors (Lipinski definition) is 5. The van der Waals surface area contributed by atoms with Gasteiger partial charge in [0.1, 0.15) is 11.6 Å². The Bertz CT molecular complexity index is 860. The summed E-state index contributed by atoms with van der Waals surface area (Å²) >= 11 is 0. The fourth-order valence-corrected chi connectivity index (χ4v) is 3.52. The molecule has 2 saturated heterocycles. The number of aryl methyl sites for hydroxylation is 1. The van der Waals surface area contributed by atoms with E-state index >= 15 is 0 Å². The maximum Gasteiger partial charge on any atom is 0.319 e. The molecule has 3 N–H and O–H groups in total. The summed E-state index contributed by atoms with van der Waals surface area (Å²) < 4.78 is 5.49. The first-order chi connectivity index (χ1) is 15.1. The lowest BCUT2D eigenvalue weighted by Crippen LogP contribution is -2.40. The molecule has 2 aliphatic heterocycles. The molecule has 3 amide bonds. The van der Waals surface area contributed by atoms with Gasteiger partial charge in [0.25, 0.3) is 5.91 Å². The summed E-state index contributed by atoms with van der Waals surface area (Å²) in [5.41, 5.74) is 2.46. The first kappa shape index (κ1) is 22.4. The summed E-state index contributed by atoms with van der Waals surface area (Å²) in [4.78, 5) is 31.0. The van der Waals surface area contributed by atoms with Crippen LogP contribution < -0.4 is 20.9 Å². The summed E-state index contributed by atoms with van der Waals surface area (Å²) in [7, 11) is 0. The molecular weight excluding hydrogens is 394 g/mol. The Hall–Kier alpha value is -3.29. The van der Waals surface area contributed by atoms with E-state index in [0.29, 0.717) is 24.4 Å². The smallest absolute Gasteiger partial charge is 0.319 e. The van der Waals surface area contributed by atoms with Crippen molar-refractivity contribution in [3.63, 3.8) is 0 Å². The number of piperidine rings is 1. The third-order valence-corrected chi connectivity index (χ3v) is 5.15. The number of carbonyl (C=O) groups is 2. The third-order valence-electron chi connectivity index (χ3n) is 5.15. The number of aromatic nitrogens is 1. The monoisotopic (exact) mass is 425 g/mol. The normalized spacial score (nSPS) is 18.2. The Morgan fingerprint density at radius 3 is 2.84 bits per heavy atom. The second-order valence-electron chi connectivity index (χ2n) is 7.62. The van der Waals surface area contributed by atoms with Gasteiger partial charge in [-0.25, -0.2) is 9.78 Å². The largest absolute Gasteiger partial charge is 0.484 e. The minimum absolute atomic E-state index is 0.0638. The number of morpholine rings is 1. The van der Waals surface area contributed by atoms with Crippen molar-refractivity contribution in [1.82, 2.24) is 20.9 Å². The van der Waals surface area contributed by atoms with Gasteiger partial charge in [-0.05, 0) is 44.7 Å². The predicted molar refractivity (Wildman–Crippen MR) is 120 cm³/mol. The number of urea groups is 1. The van der Waals surface area contributed by atoms with E-state index in [-0.39, 0.29) is 25.1 Å². The Balaban J connectivity index is 1.67. The molecule has 0 unspecified atom stereocenters. The van der Waals surface area contributed by atoms with Gasteiger partial charge in [-0.15, -0.1) is 6.58 Å². The molecule has 0 spiro atoms. The highest BCUT2D eigenvalue weighted by molar-refractivity contribution is 5.79. The van der Waals surface area contributed by atoms with Crippen molar-refractivity contribution >= 4 is 17.8 Å². The minimum Gasteiger partial charge on any atom is -0.484 e. The average molecular weight is 426 g/mol. The molecule has 0 bridgehead atoms. The SMILES string of the molecule is C=CC/C=C\C(NC(=O)NCc1ccc(C)nc1N1CCCCC1)=C1/CNC(=O)CO1. The number of hydrogen-bond donors (Lipinski definition) is 3. The topological polar surface area (TPSA) is 95.6 Å². The van der Waals surface area contributed by atoms with Crippen molar-refractivity contribution in [2.24, 2.45) is 0 Å². The summed E-state index contributed by atoms with van der Waals surface area (Å²) in [6.07, 6.45) is 9.61. The highest BCUT2D eigenvalue weighted by Gasteiger charge is 2.19. The highest BCUT2D eigenvalue weighted by Crippen LogP contribution is 2.22. The number of nitrogens with one attached hydrogen (secondary N) is 3. The van der Waals surface area contributed by atoms with Crippen LogP contribution in [0.4, 0.5) is 10.6 Å². The molecule has 31 heavy (non-hydrogen) atoms. The standard InChI is InChI=1S/C23H31N5O3/c1-3-4-6-9-19(20-15-24-21(29)16-31-20)27-23(30)25-14-18-11-10-17(2)26-22(18)28-12-7-5-8-13-28/h3,6,9-11H,1,4-5,7-8,12-16H2,2H3,(H,24,29)(H2,25,27,30)/b9-6-,20-19-. The van der Waals surface area contributed by atoms with Crippen molar-refractivity contribution in [3.8, 4) is 0 Å². The maximum absolute atomic E-state index is 12.6. The molecular formula is C23H31N5O3. The predicted octanol–water partition coefficient (Wildman–Crippen LogP) is 2.67. The second-order valence-corrected chi connectivity index (χ2v) is 7.62. The van der Waals surface area contributed by atoms with Crippen LogP contribution in [0.2, 0.25) is 0 Å². The number of carbonyl (C=O) groups excluding carboxylic acids is 2. The Morgan fingerprint density at radius 1 is 1.32 bits per heavy atom. The fraction of sp³-hybridized carbons (Fsp3) is 0.435. The summed E-state index contributed by atoms with van der Waals surface area (Å²) in [5.74, 6) is 1.28. The van der Waals surface area contributed by atoms with E-state index in [1.54, 1.807) is 12.2 Å². The van der Waals surface area contributed by atoms with Crippen molar-refractivity contribution in [2.75, 3.05) is 31.1 Å². The molecule has 0 radical (unpaired) electrons. The number of nitrogens with zero attached hydrogens (tertiary/aromatic N) is 2. The van der Waals surface area contributed by atoms with E-state index < -0.39 is 0 Å². The Labute approximate surface area is 183 Å². The second kappa shape index (κ2) is 11.2. The van der Waals surface area contributed by atoms with Gasteiger partial charge >= 0.3 is 6.03 Å². The summed E-state index contributed by atoms with van der Waals surface area (Å²) in [6.45, 7) is 8.18. The van der Waals surface area contributed by atoms with E-state index in [1.165, 1.54) is 6.42 Å². The van der Waals surface area contributed by atoms with Crippen molar-refractivity contribution < 1.29 is 14.3 Å². The minimum atomic E-state index is -0.351. The van der Waals surface area contributed by atoms with Crippen LogP contribution in [0.5, 0.6) is 0 Å². The zero-order valence-corrected chi connectivity index (χ0v) is 18.1. The number of amides is 3. The van der Waals surface area contributed by atoms with E-state index in [2.05, 4.69) is 27.4 Å². The molecule has 2 aliphatic rings. The average Bonchev–Trinajstić information content (AvgIpc) is 2.79. The quantitative estimate of drug-likeness (QED) is 0.584. The lowest BCUT2D eigenvalue weighted by atomic mass is 10.1. The van der Waals surface area contributed by atoms with Crippen molar-refractivity contribution in [3.05, 3.63) is 59.7 Å². The number of allylic oxidation sites excluding steroid dienone is 3. The van der Waals surface area contributed by atoms with Gasteiger partial charge in [-0.3, -0.25) is 4.79 Å². The van der Waals surface area contributed by atoms with E-state index in [1.807, 2.05) is 25.1 Å². The lowest BCUT2D eigenvalue weighted by Gasteiger charge is -2.29. The molecule has 3 rings (SSSR count). The maximum atomic E-state index is 12.6.